The second-order valence-corrected chi connectivity index (χ2v) is 3.88. The first-order valence-electron chi connectivity index (χ1n) is 5.22. The number of nitrogens with one attached hydrogen (secondary N) is 1. The van der Waals surface area contributed by atoms with Gasteiger partial charge in [0.25, 0.3) is 0 Å². The molecule has 15 heavy (non-hydrogen) atoms. The lowest BCUT2D eigenvalue weighted by Gasteiger charge is -2.13. The minimum Gasteiger partial charge on any atom is -0.310 e. The van der Waals surface area contributed by atoms with Crippen molar-refractivity contribution in [2.45, 2.75) is 32.9 Å². The number of rotatable bonds is 5. The quantitative estimate of drug-likeness (QED) is 0.731. The third kappa shape index (κ3) is 3.84. The van der Waals surface area contributed by atoms with Crippen molar-refractivity contribution in [2.75, 3.05) is 0 Å². The van der Waals surface area contributed by atoms with E-state index in [-0.39, 0.29) is 5.82 Å². The molecule has 1 rings (SSSR count). The highest BCUT2D eigenvalue weighted by Crippen LogP contribution is 2.10. The summed E-state index contributed by atoms with van der Waals surface area (Å²) in [6, 6.07) is 5.27. The Balaban J connectivity index is 2.56. The molecule has 0 bridgehead atoms. The zero-order valence-electron chi connectivity index (χ0n) is 9.39. The average molecular weight is 207 g/mol. The molecule has 0 fully saturated rings. The molecule has 2 heteroatoms. The maximum Gasteiger partial charge on any atom is 0.123 e. The summed E-state index contributed by atoms with van der Waals surface area (Å²) in [5, 5.41) is 3.33. The van der Waals surface area contributed by atoms with E-state index in [1.807, 2.05) is 19.1 Å². The predicted octanol–water partition coefficient (Wildman–Crippen LogP) is 3.19. The monoisotopic (exact) mass is 207 g/mol. The van der Waals surface area contributed by atoms with Gasteiger partial charge in [-0.1, -0.05) is 12.1 Å². The van der Waals surface area contributed by atoms with Gasteiger partial charge < -0.3 is 5.32 Å². The van der Waals surface area contributed by atoms with Gasteiger partial charge in [0, 0.05) is 12.6 Å². The Kier molecular flexibility index (Phi) is 4.50. The Morgan fingerprint density at radius 2 is 2.27 bits per heavy atom. The van der Waals surface area contributed by atoms with Gasteiger partial charge in [-0.2, -0.15) is 0 Å². The topological polar surface area (TPSA) is 12.0 Å². The summed E-state index contributed by atoms with van der Waals surface area (Å²) >= 11 is 0. The summed E-state index contributed by atoms with van der Waals surface area (Å²) in [5.41, 5.74) is 2.14. The maximum absolute atomic E-state index is 13.0. The molecule has 0 radical (unpaired) electrons. The molecular formula is C13H18FN. The van der Waals surface area contributed by atoms with Crippen molar-refractivity contribution in [3.05, 3.63) is 47.8 Å². The summed E-state index contributed by atoms with van der Waals surface area (Å²) in [7, 11) is 0. The molecule has 1 atom stereocenters. The van der Waals surface area contributed by atoms with Crippen molar-refractivity contribution in [3.63, 3.8) is 0 Å². The van der Waals surface area contributed by atoms with E-state index in [1.54, 1.807) is 6.07 Å². The molecule has 1 aromatic carbocycles. The van der Waals surface area contributed by atoms with Crippen molar-refractivity contribution >= 4 is 0 Å². The molecule has 0 aliphatic rings. The molecular weight excluding hydrogens is 189 g/mol. The molecule has 0 aliphatic carbocycles. The Bertz CT molecular complexity index is 333. The highest BCUT2D eigenvalue weighted by atomic mass is 19.1. The third-order valence-electron chi connectivity index (χ3n) is 2.47. The Morgan fingerprint density at radius 1 is 1.53 bits per heavy atom. The van der Waals surface area contributed by atoms with Crippen LogP contribution in [0.4, 0.5) is 4.39 Å². The van der Waals surface area contributed by atoms with Crippen LogP contribution in [0.1, 0.15) is 24.5 Å². The lowest BCUT2D eigenvalue weighted by molar-refractivity contribution is 0.549. The van der Waals surface area contributed by atoms with E-state index in [1.165, 1.54) is 6.07 Å². The predicted molar refractivity (Wildman–Crippen MR) is 62.3 cm³/mol. The van der Waals surface area contributed by atoms with Crippen LogP contribution in [-0.2, 0) is 6.54 Å². The van der Waals surface area contributed by atoms with Gasteiger partial charge in [-0.05, 0) is 43.5 Å². The van der Waals surface area contributed by atoms with Crippen LogP contribution >= 0.6 is 0 Å². The van der Waals surface area contributed by atoms with E-state index in [2.05, 4.69) is 18.8 Å². The molecule has 1 N–H and O–H groups in total. The van der Waals surface area contributed by atoms with Crippen LogP contribution in [0.5, 0.6) is 0 Å². The molecule has 82 valence electrons. The molecule has 0 amide bonds. The maximum atomic E-state index is 13.0. The normalized spacial score (nSPS) is 12.5. The molecule has 1 aromatic rings. The van der Waals surface area contributed by atoms with E-state index in [0.717, 1.165) is 17.5 Å². The van der Waals surface area contributed by atoms with Crippen LogP contribution in [-0.4, -0.2) is 6.04 Å². The van der Waals surface area contributed by atoms with Gasteiger partial charge in [-0.3, -0.25) is 0 Å². The van der Waals surface area contributed by atoms with Crippen LogP contribution in [0, 0.1) is 12.7 Å². The van der Waals surface area contributed by atoms with Gasteiger partial charge in [0.15, 0.2) is 0 Å². The Morgan fingerprint density at radius 3 is 2.93 bits per heavy atom. The Labute approximate surface area is 91.0 Å². The summed E-state index contributed by atoms with van der Waals surface area (Å²) in [5.74, 6) is -0.172. The molecule has 0 aliphatic heterocycles. The van der Waals surface area contributed by atoms with E-state index in [9.17, 15) is 4.39 Å². The summed E-state index contributed by atoms with van der Waals surface area (Å²) in [6.45, 7) is 8.48. The SMILES string of the molecule is C=CCC(C)NCc1cc(F)ccc1C. The zero-order chi connectivity index (χ0) is 11.3. The summed E-state index contributed by atoms with van der Waals surface area (Å²) in [6.07, 6.45) is 2.81. The van der Waals surface area contributed by atoms with Crippen LogP contribution in [0.3, 0.4) is 0 Å². The average Bonchev–Trinajstić information content (AvgIpc) is 2.20. The fourth-order valence-electron chi connectivity index (χ4n) is 1.45. The minimum atomic E-state index is -0.172. The van der Waals surface area contributed by atoms with Gasteiger partial charge in [0.05, 0.1) is 0 Å². The summed E-state index contributed by atoms with van der Waals surface area (Å²) < 4.78 is 13.0. The van der Waals surface area contributed by atoms with Crippen LogP contribution in [0.15, 0.2) is 30.9 Å². The lowest BCUT2D eigenvalue weighted by atomic mass is 10.1. The first kappa shape index (κ1) is 11.9. The smallest absolute Gasteiger partial charge is 0.123 e. The highest BCUT2D eigenvalue weighted by molar-refractivity contribution is 5.26. The van der Waals surface area contributed by atoms with Crippen molar-refractivity contribution in [1.82, 2.24) is 5.32 Å². The second-order valence-electron chi connectivity index (χ2n) is 3.88. The standard InChI is InChI=1S/C13H18FN/c1-4-5-11(3)15-9-12-8-13(14)7-6-10(12)2/h4,6-8,11,15H,1,5,9H2,2-3H3. The van der Waals surface area contributed by atoms with Crippen molar-refractivity contribution in [3.8, 4) is 0 Å². The van der Waals surface area contributed by atoms with Crippen molar-refractivity contribution < 1.29 is 4.39 Å². The molecule has 0 saturated heterocycles. The van der Waals surface area contributed by atoms with Gasteiger partial charge in [0.1, 0.15) is 5.82 Å². The van der Waals surface area contributed by atoms with Crippen molar-refractivity contribution in [2.24, 2.45) is 0 Å². The largest absolute Gasteiger partial charge is 0.310 e. The fraction of sp³-hybridized carbons (Fsp3) is 0.385. The number of hydrogen-bond acceptors (Lipinski definition) is 1. The van der Waals surface area contributed by atoms with Gasteiger partial charge in [-0.15, -0.1) is 6.58 Å². The molecule has 0 aromatic heterocycles. The van der Waals surface area contributed by atoms with Crippen molar-refractivity contribution in [1.29, 1.82) is 0 Å². The molecule has 0 heterocycles. The zero-order valence-corrected chi connectivity index (χ0v) is 9.39. The number of halogens is 1. The summed E-state index contributed by atoms with van der Waals surface area (Å²) in [4.78, 5) is 0. The van der Waals surface area contributed by atoms with Crippen LogP contribution in [0.2, 0.25) is 0 Å². The second kappa shape index (κ2) is 5.66. The molecule has 1 unspecified atom stereocenters. The van der Waals surface area contributed by atoms with E-state index >= 15 is 0 Å². The van der Waals surface area contributed by atoms with E-state index in [0.29, 0.717) is 12.6 Å². The number of hydrogen-bond donors (Lipinski definition) is 1. The minimum absolute atomic E-state index is 0.172. The van der Waals surface area contributed by atoms with Crippen LogP contribution < -0.4 is 5.32 Å². The first-order valence-corrected chi connectivity index (χ1v) is 5.22. The molecule has 0 saturated carbocycles. The van der Waals surface area contributed by atoms with Gasteiger partial charge in [-0.25, -0.2) is 4.39 Å². The number of benzene rings is 1. The van der Waals surface area contributed by atoms with E-state index in [4.69, 9.17) is 0 Å². The fourth-order valence-corrected chi connectivity index (χ4v) is 1.45. The molecule has 0 spiro atoms. The highest BCUT2D eigenvalue weighted by Gasteiger charge is 2.02. The van der Waals surface area contributed by atoms with E-state index < -0.39 is 0 Å². The van der Waals surface area contributed by atoms with Crippen LogP contribution in [0.25, 0.3) is 0 Å². The Hall–Kier alpha value is -1.15. The van der Waals surface area contributed by atoms with Gasteiger partial charge in [0.2, 0.25) is 0 Å². The van der Waals surface area contributed by atoms with Gasteiger partial charge >= 0.3 is 0 Å². The number of aryl methyl sites for hydroxylation is 1. The molecule has 1 nitrogen and oxygen atoms in total. The third-order valence-corrected chi connectivity index (χ3v) is 2.47. The lowest BCUT2D eigenvalue weighted by Crippen LogP contribution is -2.25. The first-order chi connectivity index (χ1) is 7.13.